The number of nitrogens with one attached hydrogen (secondary N) is 1. The van der Waals surface area contributed by atoms with Gasteiger partial charge >= 0.3 is 0 Å². The van der Waals surface area contributed by atoms with E-state index in [1.165, 1.54) is 53.9 Å². The smallest absolute Gasteiger partial charge is 0.0358 e. The first-order valence-corrected chi connectivity index (χ1v) is 9.75. The Labute approximate surface area is 149 Å². The fraction of sp³-hybridized carbons (Fsp3) is 0.391. The summed E-state index contributed by atoms with van der Waals surface area (Å²) in [6.07, 6.45) is 4.17. The van der Waals surface area contributed by atoms with Crippen LogP contribution in [-0.4, -0.2) is 31.1 Å². The van der Waals surface area contributed by atoms with E-state index in [4.69, 9.17) is 0 Å². The largest absolute Gasteiger partial charge is 0.314 e. The molecule has 0 bridgehead atoms. The van der Waals surface area contributed by atoms with E-state index in [2.05, 4.69) is 64.8 Å². The highest BCUT2D eigenvalue weighted by Gasteiger charge is 2.31. The molecule has 1 heterocycles. The van der Waals surface area contributed by atoms with E-state index in [-0.39, 0.29) is 0 Å². The standard InChI is InChI=1S/C23H26N2/c1-2-6-19-18(5-1)16-22(21-8-4-3-7-20(19)21)23(15-17-9-10-17)25-13-11-24-12-14-25/h1-8,16-17,23-24H,9-15H2/t23-/m1/s1. The van der Waals surface area contributed by atoms with Gasteiger partial charge in [0.15, 0.2) is 0 Å². The van der Waals surface area contributed by atoms with Gasteiger partial charge in [0.05, 0.1) is 0 Å². The highest BCUT2D eigenvalue weighted by atomic mass is 15.2. The highest BCUT2D eigenvalue weighted by Crippen LogP contribution is 2.43. The van der Waals surface area contributed by atoms with Crippen molar-refractivity contribution in [2.24, 2.45) is 5.92 Å². The zero-order valence-electron chi connectivity index (χ0n) is 14.7. The minimum atomic E-state index is 0.559. The lowest BCUT2D eigenvalue weighted by Crippen LogP contribution is -2.45. The molecule has 3 aromatic rings. The average Bonchev–Trinajstić information content (AvgIpc) is 3.51. The number of nitrogens with zero attached hydrogens (tertiary/aromatic N) is 1. The van der Waals surface area contributed by atoms with E-state index in [0.29, 0.717) is 6.04 Å². The van der Waals surface area contributed by atoms with Crippen molar-refractivity contribution < 1.29 is 0 Å². The van der Waals surface area contributed by atoms with Crippen LogP contribution in [0.3, 0.4) is 0 Å². The van der Waals surface area contributed by atoms with Gasteiger partial charge in [-0.25, -0.2) is 0 Å². The second-order valence-corrected chi connectivity index (χ2v) is 7.71. The molecule has 3 aromatic carbocycles. The summed E-state index contributed by atoms with van der Waals surface area (Å²) in [6.45, 7) is 4.57. The predicted molar refractivity (Wildman–Crippen MR) is 106 cm³/mol. The van der Waals surface area contributed by atoms with Gasteiger partial charge in [0.1, 0.15) is 0 Å². The Kier molecular flexibility index (Phi) is 3.95. The normalized spacial score (nSPS) is 20.2. The molecule has 2 nitrogen and oxygen atoms in total. The maximum absolute atomic E-state index is 3.52. The van der Waals surface area contributed by atoms with Crippen molar-refractivity contribution >= 4 is 21.5 Å². The maximum atomic E-state index is 3.52. The summed E-state index contributed by atoms with van der Waals surface area (Å²) in [5, 5.41) is 9.14. The van der Waals surface area contributed by atoms with Crippen LogP contribution >= 0.6 is 0 Å². The van der Waals surface area contributed by atoms with E-state index >= 15 is 0 Å². The first kappa shape index (κ1) is 15.4. The predicted octanol–water partition coefficient (Wildman–Crippen LogP) is 4.74. The molecule has 1 atom stereocenters. The molecule has 1 aliphatic carbocycles. The fourth-order valence-corrected chi connectivity index (χ4v) is 4.49. The number of fused-ring (bicyclic) bond motifs is 3. The van der Waals surface area contributed by atoms with Crippen LogP contribution in [0.15, 0.2) is 54.6 Å². The minimum Gasteiger partial charge on any atom is -0.314 e. The number of hydrogen-bond donors (Lipinski definition) is 1. The van der Waals surface area contributed by atoms with Gasteiger partial charge in [0.25, 0.3) is 0 Å². The van der Waals surface area contributed by atoms with E-state index < -0.39 is 0 Å². The second kappa shape index (κ2) is 6.44. The third kappa shape index (κ3) is 2.94. The Hall–Kier alpha value is -1.90. The summed E-state index contributed by atoms with van der Waals surface area (Å²) in [5.41, 5.74) is 1.54. The Bertz CT molecular complexity index is 891. The SMILES string of the molecule is c1ccc2c(c1)cc([C@@H](CC1CC1)N1CCNCC1)c1ccccc12. The molecule has 0 amide bonds. The van der Waals surface area contributed by atoms with Crippen LogP contribution < -0.4 is 5.32 Å². The van der Waals surface area contributed by atoms with Gasteiger partial charge in [0, 0.05) is 32.2 Å². The molecule has 1 aliphatic heterocycles. The summed E-state index contributed by atoms with van der Waals surface area (Å²) in [5.74, 6) is 0.935. The number of rotatable bonds is 4. The first-order chi connectivity index (χ1) is 12.4. The Morgan fingerprint density at radius 3 is 2.32 bits per heavy atom. The van der Waals surface area contributed by atoms with Crippen molar-refractivity contribution in [2.75, 3.05) is 26.2 Å². The van der Waals surface area contributed by atoms with Gasteiger partial charge in [0.2, 0.25) is 0 Å². The molecular weight excluding hydrogens is 304 g/mol. The molecule has 2 fully saturated rings. The van der Waals surface area contributed by atoms with Gasteiger partial charge in [-0.1, -0.05) is 61.4 Å². The van der Waals surface area contributed by atoms with Crippen LogP contribution in [0.5, 0.6) is 0 Å². The van der Waals surface area contributed by atoms with E-state index in [0.717, 1.165) is 19.0 Å². The third-order valence-corrected chi connectivity index (χ3v) is 6.00. The third-order valence-electron chi connectivity index (χ3n) is 6.00. The number of piperazine rings is 1. The van der Waals surface area contributed by atoms with Crippen molar-refractivity contribution in [3.8, 4) is 0 Å². The van der Waals surface area contributed by atoms with Gasteiger partial charge in [-0.3, -0.25) is 4.90 Å². The van der Waals surface area contributed by atoms with Crippen molar-refractivity contribution in [1.82, 2.24) is 10.2 Å². The molecule has 0 spiro atoms. The van der Waals surface area contributed by atoms with Crippen LogP contribution in [0.4, 0.5) is 0 Å². The van der Waals surface area contributed by atoms with Crippen molar-refractivity contribution in [3.05, 3.63) is 60.2 Å². The van der Waals surface area contributed by atoms with Crippen molar-refractivity contribution in [1.29, 1.82) is 0 Å². The van der Waals surface area contributed by atoms with Crippen LogP contribution in [0.2, 0.25) is 0 Å². The molecule has 25 heavy (non-hydrogen) atoms. The average molecular weight is 330 g/mol. The fourth-order valence-electron chi connectivity index (χ4n) is 4.49. The summed E-state index contributed by atoms with van der Waals surface area (Å²) < 4.78 is 0. The first-order valence-electron chi connectivity index (χ1n) is 9.75. The molecule has 0 radical (unpaired) electrons. The monoisotopic (exact) mass is 330 g/mol. The molecular formula is C23H26N2. The minimum absolute atomic E-state index is 0.559. The van der Waals surface area contributed by atoms with Crippen molar-refractivity contribution in [2.45, 2.75) is 25.3 Å². The highest BCUT2D eigenvalue weighted by molar-refractivity contribution is 6.09. The molecule has 2 heteroatoms. The topological polar surface area (TPSA) is 15.3 Å². The van der Waals surface area contributed by atoms with Crippen molar-refractivity contribution in [3.63, 3.8) is 0 Å². The summed E-state index contributed by atoms with van der Waals surface area (Å²) >= 11 is 0. The lowest BCUT2D eigenvalue weighted by atomic mass is 9.90. The summed E-state index contributed by atoms with van der Waals surface area (Å²) in [7, 11) is 0. The molecule has 1 saturated carbocycles. The van der Waals surface area contributed by atoms with E-state index in [1.54, 1.807) is 5.56 Å². The van der Waals surface area contributed by atoms with Gasteiger partial charge in [-0.15, -0.1) is 0 Å². The molecule has 0 aromatic heterocycles. The Morgan fingerprint density at radius 2 is 1.56 bits per heavy atom. The van der Waals surface area contributed by atoms with Gasteiger partial charge in [-0.2, -0.15) is 0 Å². The van der Waals surface area contributed by atoms with E-state index in [9.17, 15) is 0 Å². The number of hydrogen-bond acceptors (Lipinski definition) is 2. The van der Waals surface area contributed by atoms with Crippen LogP contribution in [-0.2, 0) is 0 Å². The Balaban J connectivity index is 1.69. The molecule has 5 rings (SSSR count). The molecule has 1 saturated heterocycles. The quantitative estimate of drug-likeness (QED) is 0.695. The van der Waals surface area contributed by atoms with Crippen LogP contribution in [0.25, 0.3) is 21.5 Å². The molecule has 128 valence electrons. The van der Waals surface area contributed by atoms with E-state index in [1.807, 2.05) is 0 Å². The molecule has 0 unspecified atom stereocenters. The van der Waals surface area contributed by atoms with Gasteiger partial charge in [-0.05, 0) is 45.5 Å². The Morgan fingerprint density at radius 1 is 0.880 bits per heavy atom. The number of benzene rings is 3. The molecule has 2 aliphatic rings. The molecule has 1 N–H and O–H groups in total. The summed E-state index contributed by atoms with van der Waals surface area (Å²) in [6, 6.07) is 20.9. The summed E-state index contributed by atoms with van der Waals surface area (Å²) in [4.78, 5) is 2.73. The van der Waals surface area contributed by atoms with Crippen LogP contribution in [0.1, 0.15) is 30.9 Å². The van der Waals surface area contributed by atoms with Crippen LogP contribution in [0, 0.1) is 5.92 Å². The zero-order valence-corrected chi connectivity index (χ0v) is 14.7. The lowest BCUT2D eigenvalue weighted by molar-refractivity contribution is 0.161. The van der Waals surface area contributed by atoms with Gasteiger partial charge < -0.3 is 5.32 Å². The zero-order chi connectivity index (χ0) is 16.6. The second-order valence-electron chi connectivity index (χ2n) is 7.71. The lowest BCUT2D eigenvalue weighted by Gasteiger charge is -2.36. The maximum Gasteiger partial charge on any atom is 0.0358 e.